The van der Waals surface area contributed by atoms with E-state index in [0.717, 1.165) is 17.1 Å². The summed E-state index contributed by atoms with van der Waals surface area (Å²) in [5.74, 6) is 1.06. The van der Waals surface area contributed by atoms with E-state index in [2.05, 4.69) is 21.1 Å². The molecule has 21 heteroatoms. The van der Waals surface area contributed by atoms with Crippen molar-refractivity contribution in [3.05, 3.63) is 29.8 Å². The zero-order chi connectivity index (χ0) is 42.6. The van der Waals surface area contributed by atoms with Gasteiger partial charge in [-0.3, -0.25) is 23.9 Å². The molecule has 1 aliphatic heterocycles. The summed E-state index contributed by atoms with van der Waals surface area (Å²) in [5.41, 5.74) is 3.43. The number of ether oxygens (including phenoxy) is 2. The van der Waals surface area contributed by atoms with Crippen molar-refractivity contribution >= 4 is 45.6 Å². The van der Waals surface area contributed by atoms with Gasteiger partial charge in [-0.25, -0.2) is 33.0 Å². The largest absolute Gasteiger partial charge is 0.497 e. The summed E-state index contributed by atoms with van der Waals surface area (Å²) in [6, 6.07) is 1.75. The van der Waals surface area contributed by atoms with Crippen LogP contribution in [0.3, 0.4) is 0 Å². The van der Waals surface area contributed by atoms with Crippen molar-refractivity contribution < 1.29 is 50.6 Å². The fraction of sp³-hybridized carbons (Fsp3) is 0.667. The van der Waals surface area contributed by atoms with Crippen LogP contribution in [-0.4, -0.2) is 116 Å². The van der Waals surface area contributed by atoms with E-state index in [4.69, 9.17) is 21.1 Å². The van der Waals surface area contributed by atoms with Gasteiger partial charge in [0.25, 0.3) is 5.91 Å². The lowest BCUT2D eigenvalue weighted by Crippen LogP contribution is -2.62. The van der Waals surface area contributed by atoms with Crippen molar-refractivity contribution in [2.24, 2.45) is 33.9 Å². The van der Waals surface area contributed by atoms with E-state index >= 15 is 0 Å². The Morgan fingerprint density at radius 1 is 1.05 bits per heavy atom. The number of likely N-dealkylation sites (tertiary alicyclic amines) is 1. The molecule has 1 heterocycles. The maximum absolute atomic E-state index is 14.7. The number of hydrazine groups is 1. The fourth-order valence-corrected chi connectivity index (χ4v) is 8.32. The summed E-state index contributed by atoms with van der Waals surface area (Å²) in [7, 11) is -1.53. The van der Waals surface area contributed by atoms with Gasteiger partial charge in [0.2, 0.25) is 34.2 Å². The molecule has 0 bridgehead atoms. The van der Waals surface area contributed by atoms with Gasteiger partial charge in [0.05, 0.1) is 31.4 Å². The zero-order valence-electron chi connectivity index (χ0n) is 33.2. The number of methoxy groups -OCH3 is 2. The number of amides is 5. The SMILES string of the molecule is CCC(CC)[C@H](NC(=O)OC)C(=O)N[C@H](C(=O)N1C[C@H](N(N)/N=C(\N)c2ccc(OC)cc2)C[C@H]1C(=O)N[C@]1(C(=O)NS(=O)(=O)C2CC2)C[C@H]1C(F)F)C(C)(C)C. The van der Waals surface area contributed by atoms with Gasteiger partial charge < -0.3 is 36.1 Å². The van der Waals surface area contributed by atoms with E-state index in [1.165, 1.54) is 7.11 Å². The smallest absolute Gasteiger partial charge is 0.407 e. The van der Waals surface area contributed by atoms with E-state index in [-0.39, 0.29) is 24.7 Å². The maximum atomic E-state index is 14.7. The Bertz CT molecular complexity index is 1800. The average molecular weight is 828 g/mol. The summed E-state index contributed by atoms with van der Waals surface area (Å²) in [6.07, 6.45) is -3.17. The first-order valence-electron chi connectivity index (χ1n) is 18.8. The molecule has 3 fully saturated rings. The Kier molecular flexibility index (Phi) is 14.0. The number of rotatable bonds is 17. The van der Waals surface area contributed by atoms with E-state index < -0.39 is 98.9 Å². The molecule has 6 atom stereocenters. The molecule has 0 aromatic heterocycles. The normalized spacial score (nSPS) is 23.3. The van der Waals surface area contributed by atoms with Gasteiger partial charge in [-0.15, -0.1) is 5.10 Å². The topological polar surface area (TPSA) is 257 Å². The van der Waals surface area contributed by atoms with E-state index in [1.54, 1.807) is 45.0 Å². The lowest BCUT2D eigenvalue weighted by molar-refractivity contribution is -0.145. The van der Waals surface area contributed by atoms with Crippen molar-refractivity contribution in [1.29, 1.82) is 0 Å². The van der Waals surface area contributed by atoms with Crippen molar-refractivity contribution in [3.8, 4) is 5.75 Å². The molecular formula is C36H55F2N9O9S. The first-order valence-corrected chi connectivity index (χ1v) is 20.3. The molecule has 1 saturated heterocycles. The summed E-state index contributed by atoms with van der Waals surface area (Å²) in [6.45, 7) is 8.41. The third-order valence-electron chi connectivity index (χ3n) is 10.8. The van der Waals surface area contributed by atoms with E-state index in [1.807, 2.05) is 18.6 Å². The number of nitrogens with one attached hydrogen (secondary N) is 4. The van der Waals surface area contributed by atoms with Gasteiger partial charge >= 0.3 is 6.09 Å². The van der Waals surface area contributed by atoms with Crippen LogP contribution in [0.5, 0.6) is 5.75 Å². The highest BCUT2D eigenvalue weighted by molar-refractivity contribution is 7.91. The van der Waals surface area contributed by atoms with Crippen LogP contribution in [-0.2, 0) is 33.9 Å². The Morgan fingerprint density at radius 3 is 2.16 bits per heavy atom. The molecular weight excluding hydrogens is 773 g/mol. The maximum Gasteiger partial charge on any atom is 0.407 e. The van der Waals surface area contributed by atoms with Crippen molar-refractivity contribution in [2.45, 2.75) is 115 Å². The Labute approximate surface area is 331 Å². The fourth-order valence-electron chi connectivity index (χ4n) is 6.95. The minimum absolute atomic E-state index is 0.0263. The highest BCUT2D eigenvalue weighted by atomic mass is 32.2. The molecule has 3 aliphatic rings. The van der Waals surface area contributed by atoms with Crippen LogP contribution in [0.4, 0.5) is 13.6 Å². The first kappa shape index (κ1) is 44.9. The van der Waals surface area contributed by atoms with Crippen molar-refractivity contribution in [1.82, 2.24) is 30.7 Å². The van der Waals surface area contributed by atoms with Gasteiger partial charge in [0.15, 0.2) is 5.84 Å². The molecule has 2 aliphatic carbocycles. The van der Waals surface area contributed by atoms with Crippen LogP contribution >= 0.6 is 0 Å². The summed E-state index contributed by atoms with van der Waals surface area (Å²) >= 11 is 0. The number of benzene rings is 1. The number of sulfonamides is 1. The van der Waals surface area contributed by atoms with Crippen LogP contribution < -0.4 is 37.0 Å². The Morgan fingerprint density at radius 2 is 1.67 bits per heavy atom. The minimum atomic E-state index is -4.17. The van der Waals surface area contributed by atoms with Gasteiger partial charge in [-0.1, -0.05) is 47.5 Å². The number of halogens is 2. The molecule has 0 spiro atoms. The number of hydrogen-bond acceptors (Lipinski definition) is 12. The highest BCUT2D eigenvalue weighted by Gasteiger charge is 2.67. The molecule has 318 valence electrons. The van der Waals surface area contributed by atoms with Crippen LogP contribution in [0.2, 0.25) is 0 Å². The summed E-state index contributed by atoms with van der Waals surface area (Å²) in [4.78, 5) is 69.6. The molecule has 1 aromatic carbocycles. The van der Waals surface area contributed by atoms with Gasteiger partial charge in [-0.2, -0.15) is 0 Å². The molecule has 0 radical (unpaired) electrons. The number of nitrogens with zero attached hydrogens (tertiary/aromatic N) is 3. The quantitative estimate of drug-likeness (QED) is 0.0555. The molecule has 2 saturated carbocycles. The van der Waals surface area contributed by atoms with Crippen LogP contribution in [0.25, 0.3) is 0 Å². The number of amidine groups is 1. The molecule has 4 rings (SSSR count). The monoisotopic (exact) mass is 827 g/mol. The molecule has 5 amide bonds. The van der Waals surface area contributed by atoms with Crippen LogP contribution in [0.15, 0.2) is 29.4 Å². The Balaban J connectivity index is 1.69. The lowest BCUT2D eigenvalue weighted by atomic mass is 9.84. The predicted octanol–water partition coefficient (Wildman–Crippen LogP) is 0.901. The number of hydrogen-bond donors (Lipinski definition) is 6. The third kappa shape index (κ3) is 10.4. The van der Waals surface area contributed by atoms with Crippen molar-refractivity contribution in [3.63, 3.8) is 0 Å². The number of alkyl carbamates (subject to hydrolysis) is 1. The minimum Gasteiger partial charge on any atom is -0.497 e. The zero-order valence-corrected chi connectivity index (χ0v) is 34.0. The van der Waals surface area contributed by atoms with E-state index in [0.29, 0.717) is 37.0 Å². The molecule has 1 aromatic rings. The van der Waals surface area contributed by atoms with Gasteiger partial charge in [0.1, 0.15) is 29.4 Å². The number of nitrogens with two attached hydrogens (primary N) is 2. The summed E-state index contributed by atoms with van der Waals surface area (Å²) < 4.78 is 65.3. The number of carbonyl (C=O) groups excluding carboxylic acids is 5. The van der Waals surface area contributed by atoms with E-state index in [9.17, 15) is 41.2 Å². The van der Waals surface area contributed by atoms with Crippen LogP contribution in [0.1, 0.15) is 78.7 Å². The first-order chi connectivity index (χ1) is 26.6. The summed E-state index contributed by atoms with van der Waals surface area (Å²) in [5, 5.41) is 12.1. The van der Waals surface area contributed by atoms with Gasteiger partial charge in [0, 0.05) is 18.5 Å². The molecule has 18 nitrogen and oxygen atoms in total. The Hall–Kier alpha value is -4.79. The predicted molar refractivity (Wildman–Crippen MR) is 204 cm³/mol. The highest BCUT2D eigenvalue weighted by Crippen LogP contribution is 2.48. The van der Waals surface area contributed by atoms with Crippen molar-refractivity contribution in [2.75, 3.05) is 20.8 Å². The van der Waals surface area contributed by atoms with Gasteiger partial charge in [-0.05, 0) is 54.9 Å². The average Bonchev–Trinajstić information content (AvgIpc) is 4.09. The third-order valence-corrected chi connectivity index (χ3v) is 12.6. The molecule has 0 unspecified atom stereocenters. The standard InChI is InChI=1S/C36H55F2N9O9S/c1-8-19(9-2)26(41-34(52)56-7)31(49)42-27(35(3,4)5)32(50)46-18-21(47(40)44-29(39)20-10-12-22(55-6)13-11-20)16-25(46)30(48)43-36(17-24(36)28(37)38)33(51)45-57(53,54)23-14-15-23/h10-13,19,21,23-28H,8-9,14-18,40H2,1-7H3,(H2,39,44)(H,41,52)(H,42,49)(H,43,48)(H,45,51)/t21-,24+,25+,26+,27-,36-/m1/s1. The second-order valence-corrected chi connectivity index (χ2v) is 17.7. The lowest BCUT2D eigenvalue weighted by Gasteiger charge is -2.37. The molecule has 8 N–H and O–H groups in total. The van der Waals surface area contributed by atoms with Crippen LogP contribution in [0, 0.1) is 17.3 Å². The second kappa shape index (κ2) is 17.8. The number of carbonyl (C=O) groups is 5. The second-order valence-electron chi connectivity index (χ2n) is 15.8. The molecule has 57 heavy (non-hydrogen) atoms. The number of alkyl halides is 2. The number of hydrazone groups is 1.